The van der Waals surface area contributed by atoms with Crippen LogP contribution in [0.2, 0.25) is 0 Å². The number of nitrogens with one attached hydrogen (secondary N) is 3. The maximum atomic E-state index is 12.8. The molecule has 41 heavy (non-hydrogen) atoms. The summed E-state index contributed by atoms with van der Waals surface area (Å²) in [6.45, 7) is 1.90. The van der Waals surface area contributed by atoms with Crippen molar-refractivity contribution in [2.24, 2.45) is 7.05 Å². The summed E-state index contributed by atoms with van der Waals surface area (Å²) in [4.78, 5) is 47.3. The fourth-order valence-electron chi connectivity index (χ4n) is 4.80. The van der Waals surface area contributed by atoms with E-state index in [0.717, 1.165) is 41.8 Å². The van der Waals surface area contributed by atoms with Gasteiger partial charge in [-0.05, 0) is 37.1 Å². The van der Waals surface area contributed by atoms with E-state index >= 15 is 0 Å². The molecule has 0 aliphatic carbocycles. The van der Waals surface area contributed by atoms with E-state index in [2.05, 4.69) is 62.8 Å². The Kier molecular flexibility index (Phi) is 9.03. The summed E-state index contributed by atoms with van der Waals surface area (Å²) in [5.41, 5.74) is 1.24. The fraction of sp³-hybridized carbons (Fsp3) is 0.385. The number of ether oxygens (including phenoxy) is 1. The Bertz CT molecular complexity index is 1640. The maximum Gasteiger partial charge on any atom is 0.293 e. The molecule has 3 N–H and O–H groups in total. The fourth-order valence-corrected chi connectivity index (χ4v) is 5.16. The zero-order valence-electron chi connectivity index (χ0n) is 22.3. The molecule has 0 radical (unpaired) electrons. The van der Waals surface area contributed by atoms with Crippen molar-refractivity contribution in [1.82, 2.24) is 34.8 Å². The Labute approximate surface area is 251 Å². The van der Waals surface area contributed by atoms with Crippen LogP contribution in [0.5, 0.6) is 5.75 Å². The molecule has 4 aromatic rings. The minimum Gasteiger partial charge on any atom is -0.486 e. The average molecular weight is 691 g/mol. The number of aromatic nitrogens is 5. The number of benzene rings is 1. The van der Waals surface area contributed by atoms with E-state index in [-0.39, 0.29) is 53.0 Å². The number of pyridine rings is 1. The predicted octanol–water partition coefficient (Wildman–Crippen LogP) is 2.09. The van der Waals surface area contributed by atoms with Gasteiger partial charge in [0.15, 0.2) is 5.75 Å². The van der Waals surface area contributed by atoms with Gasteiger partial charge < -0.3 is 30.2 Å². The number of piperidine rings is 1. The molecular formula is C26H29Br2N9O4. The van der Waals surface area contributed by atoms with E-state index < -0.39 is 0 Å². The van der Waals surface area contributed by atoms with Crippen molar-refractivity contribution in [2.45, 2.75) is 18.9 Å². The SMILES string of the molecule is Cn1c(=O)c(OCCNC(=O)CBr)cc2cc(Nc3cc(N4CCCC(NC(=O)CBr)C4)nc4ncnn34)ccc21. The highest BCUT2D eigenvalue weighted by Crippen LogP contribution is 2.27. The third-order valence-electron chi connectivity index (χ3n) is 6.74. The van der Waals surface area contributed by atoms with Gasteiger partial charge in [0.25, 0.3) is 11.3 Å². The van der Waals surface area contributed by atoms with Gasteiger partial charge in [-0.15, -0.1) is 0 Å². The summed E-state index contributed by atoms with van der Waals surface area (Å²) in [6, 6.07) is 9.31. The number of rotatable bonds is 10. The van der Waals surface area contributed by atoms with Gasteiger partial charge in [-0.2, -0.15) is 19.6 Å². The molecule has 13 nitrogen and oxygen atoms in total. The minimum absolute atomic E-state index is 0.0327. The number of aryl methyl sites for hydroxylation is 1. The zero-order chi connectivity index (χ0) is 28.9. The van der Waals surface area contributed by atoms with Crippen LogP contribution in [0.25, 0.3) is 16.7 Å². The van der Waals surface area contributed by atoms with Gasteiger partial charge in [-0.25, -0.2) is 0 Å². The predicted molar refractivity (Wildman–Crippen MR) is 163 cm³/mol. The monoisotopic (exact) mass is 689 g/mol. The molecule has 15 heteroatoms. The summed E-state index contributed by atoms with van der Waals surface area (Å²) >= 11 is 6.31. The first-order chi connectivity index (χ1) is 19.9. The van der Waals surface area contributed by atoms with Crippen LogP contribution in [0, 0.1) is 0 Å². The van der Waals surface area contributed by atoms with Crippen LogP contribution in [0.1, 0.15) is 12.8 Å². The number of carbonyl (C=O) groups excluding carboxylic acids is 2. The van der Waals surface area contributed by atoms with Crippen LogP contribution >= 0.6 is 31.9 Å². The van der Waals surface area contributed by atoms with Crippen LogP contribution < -0.4 is 31.1 Å². The number of nitrogens with zero attached hydrogens (tertiary/aromatic N) is 6. The van der Waals surface area contributed by atoms with E-state index in [1.807, 2.05) is 24.3 Å². The minimum atomic E-state index is -0.264. The molecule has 1 aromatic carbocycles. The van der Waals surface area contributed by atoms with Gasteiger partial charge in [0, 0.05) is 43.3 Å². The van der Waals surface area contributed by atoms with Crippen molar-refractivity contribution in [3.8, 4) is 5.75 Å². The Morgan fingerprint density at radius 2 is 1.98 bits per heavy atom. The molecule has 0 saturated carbocycles. The largest absolute Gasteiger partial charge is 0.486 e. The van der Waals surface area contributed by atoms with Crippen LogP contribution in [0.4, 0.5) is 17.3 Å². The van der Waals surface area contributed by atoms with Crippen molar-refractivity contribution >= 4 is 77.7 Å². The first-order valence-corrected chi connectivity index (χ1v) is 15.3. The van der Waals surface area contributed by atoms with Crippen molar-refractivity contribution in [2.75, 3.05) is 47.1 Å². The van der Waals surface area contributed by atoms with Crippen LogP contribution in [0.3, 0.4) is 0 Å². The van der Waals surface area contributed by atoms with E-state index in [1.54, 1.807) is 17.6 Å². The molecular weight excluding hydrogens is 662 g/mol. The van der Waals surface area contributed by atoms with Crippen molar-refractivity contribution in [3.05, 3.63) is 47.0 Å². The molecule has 0 spiro atoms. The molecule has 1 aliphatic rings. The van der Waals surface area contributed by atoms with Gasteiger partial charge in [-0.1, -0.05) is 31.9 Å². The van der Waals surface area contributed by atoms with E-state index in [0.29, 0.717) is 18.1 Å². The highest BCUT2D eigenvalue weighted by Gasteiger charge is 2.23. The first kappa shape index (κ1) is 28.8. The van der Waals surface area contributed by atoms with Gasteiger partial charge in [0.1, 0.15) is 24.6 Å². The first-order valence-electron chi connectivity index (χ1n) is 13.0. The lowest BCUT2D eigenvalue weighted by atomic mass is 10.1. The lowest BCUT2D eigenvalue weighted by molar-refractivity contribution is -0.119. The van der Waals surface area contributed by atoms with Gasteiger partial charge >= 0.3 is 0 Å². The Morgan fingerprint density at radius 1 is 1.15 bits per heavy atom. The normalized spacial score (nSPS) is 15.2. The lowest BCUT2D eigenvalue weighted by Crippen LogP contribution is -2.48. The molecule has 5 rings (SSSR count). The lowest BCUT2D eigenvalue weighted by Gasteiger charge is -2.34. The van der Waals surface area contributed by atoms with Gasteiger partial charge in [-0.3, -0.25) is 14.4 Å². The molecule has 1 fully saturated rings. The second kappa shape index (κ2) is 12.9. The number of alkyl halides is 2. The number of amides is 2. The van der Waals surface area contributed by atoms with E-state index in [4.69, 9.17) is 9.72 Å². The quantitative estimate of drug-likeness (QED) is 0.168. The summed E-state index contributed by atoms with van der Waals surface area (Å²) in [5, 5.41) is 14.8. The Hall–Kier alpha value is -3.72. The molecule has 1 unspecified atom stereocenters. The molecule has 1 saturated heterocycles. The Balaban J connectivity index is 1.39. The highest BCUT2D eigenvalue weighted by molar-refractivity contribution is 9.09. The number of hydrogen-bond acceptors (Lipinski definition) is 9. The number of hydrogen-bond donors (Lipinski definition) is 3. The van der Waals surface area contributed by atoms with Gasteiger partial charge in [0.2, 0.25) is 11.8 Å². The molecule has 4 heterocycles. The summed E-state index contributed by atoms with van der Waals surface area (Å²) in [5.74, 6) is 1.85. The maximum absolute atomic E-state index is 12.8. The second-order valence-corrected chi connectivity index (χ2v) is 10.7. The summed E-state index contributed by atoms with van der Waals surface area (Å²) in [7, 11) is 1.69. The molecule has 216 valence electrons. The van der Waals surface area contributed by atoms with Crippen molar-refractivity contribution < 1.29 is 14.3 Å². The number of carbonyl (C=O) groups is 2. The smallest absolute Gasteiger partial charge is 0.293 e. The zero-order valence-corrected chi connectivity index (χ0v) is 25.4. The standard InChI is InChI=1S/C26H29Br2N9O4/c1-35-19-5-4-17(9-16(19)10-20(25(35)40)41-8-6-29-23(38)12-27)32-22-11-21(34-26-30-15-31-37(22)26)36-7-2-3-18(14-36)33-24(39)13-28/h4-5,9-11,15,18,32H,2-3,6-8,12-14H2,1H3,(H,29,38)(H,33,39). The van der Waals surface area contributed by atoms with E-state index in [1.165, 1.54) is 10.9 Å². The molecule has 1 aliphatic heterocycles. The van der Waals surface area contributed by atoms with E-state index in [9.17, 15) is 14.4 Å². The van der Waals surface area contributed by atoms with Gasteiger partial charge in [0.05, 0.1) is 22.7 Å². The summed E-state index contributed by atoms with van der Waals surface area (Å²) in [6.07, 6.45) is 3.28. The topological polar surface area (TPSA) is 148 Å². The third kappa shape index (κ3) is 6.62. The molecule has 1 atom stereocenters. The van der Waals surface area contributed by atoms with Crippen LogP contribution in [0.15, 0.2) is 41.5 Å². The van der Waals surface area contributed by atoms with Crippen molar-refractivity contribution in [3.63, 3.8) is 0 Å². The number of fused-ring (bicyclic) bond motifs is 2. The summed E-state index contributed by atoms with van der Waals surface area (Å²) < 4.78 is 8.86. The molecule has 0 bridgehead atoms. The number of halogens is 2. The highest BCUT2D eigenvalue weighted by atomic mass is 79.9. The second-order valence-electron chi connectivity index (χ2n) is 9.56. The third-order valence-corrected chi connectivity index (χ3v) is 7.76. The van der Waals surface area contributed by atoms with Crippen molar-refractivity contribution in [1.29, 1.82) is 0 Å². The average Bonchev–Trinajstić information content (AvgIpc) is 3.47. The Morgan fingerprint density at radius 3 is 2.78 bits per heavy atom. The van der Waals surface area contributed by atoms with Crippen LogP contribution in [-0.4, -0.2) is 78.9 Å². The number of anilines is 3. The molecule has 2 amide bonds. The van der Waals surface area contributed by atoms with Crippen LogP contribution in [-0.2, 0) is 16.6 Å². The molecule has 3 aromatic heterocycles.